The molecule has 8 bridgehead atoms. The zero-order chi connectivity index (χ0) is 92.2. The molecule has 3 saturated heterocycles. The van der Waals surface area contributed by atoms with E-state index in [0.717, 1.165) is 16.7 Å². The minimum absolute atomic E-state index is 0. The van der Waals surface area contributed by atoms with Crippen molar-refractivity contribution in [3.8, 4) is 0 Å². The fourth-order valence-corrected chi connectivity index (χ4v) is 21.1. The number of carboxylic acid groups (broad SMARTS) is 1. The number of likely N-dealkylation sites (tertiary alicyclic amines) is 1. The molecule has 2 aromatic carbocycles. The standard InChI is InChI=1S/C87H128N17O18P.CN.Co/c1-47-38-60-62(39-48(47)2)104(46-97-60)81-74(113)75(63(45-105)120-81)122-123(118,119)121-49(3)44-96-71(112)32-33-84(8)56(40-67(91)108)78-87(11)86(10,43-69(93)110)55(27-31-70(111)94-35-17-18-36-95-79(114)61-23-19-37-103(61)80(115)57(22-15-16-34-88)98-58(82(116)117)28-24-52-20-13-12-14-21-52)73(102-87)51(5)77-85(9,42-68(92)109)53(25-29-65(89)106)59(99-77)41-64-83(6,7)54(26-30-66(90)107)72(100-64)50(4)76(84)101-78;1-2;/h12-14,20-21,38-39,41,46,49,53-58,61,63,74-75,78,81,98,105,113H,15-19,22-37,40,42-45,88H2,1-11H3,(H16,89,90,91,92,93,94,95,96,99,100,101,102,106,107,108,109,110,111,112,114,116,117,118,119);;/q;-1;+3/p-2/t49-,53-,54-,55-,56+,57+,58+,61+,63-,74-,75-,78-,81+,84-,85+,86+,87+;;/m1../s1. The molecule has 7 aliphatic heterocycles. The van der Waals surface area contributed by atoms with Gasteiger partial charge in [-0.1, -0.05) is 77.4 Å². The van der Waals surface area contributed by atoms with Gasteiger partial charge < -0.3 is 111 Å². The van der Waals surface area contributed by atoms with Crippen LogP contribution >= 0.6 is 7.82 Å². The molecule has 18 atom stereocenters. The van der Waals surface area contributed by atoms with Crippen molar-refractivity contribution in [3.63, 3.8) is 0 Å². The fraction of sp³-hybridized carbons (Fsp3) is 0.625. The van der Waals surface area contributed by atoms with Crippen LogP contribution in [0.5, 0.6) is 0 Å². The van der Waals surface area contributed by atoms with Crippen LogP contribution in [0.4, 0.5) is 0 Å². The van der Waals surface area contributed by atoms with Crippen molar-refractivity contribution >= 4 is 95.1 Å². The number of unbranched alkanes of at least 4 members (excludes halogenated alkanes) is 2. The summed E-state index contributed by atoms with van der Waals surface area (Å²) in [4.78, 5) is 175. The number of nitrogens with zero attached hydrogens (tertiary/aromatic N) is 8. The summed E-state index contributed by atoms with van der Waals surface area (Å²) in [6.07, 6.45) is -1.44. The molecule has 1 aromatic heterocycles. The number of phosphoric acid groups is 1. The van der Waals surface area contributed by atoms with E-state index < -0.39 is 174 Å². The number of aryl methyl sites for hydroxylation is 3. The Bertz CT molecular complexity index is 4820. The summed E-state index contributed by atoms with van der Waals surface area (Å²) in [6, 6.07) is 9.32. The molecule has 19 N–H and O–H groups in total. The number of ether oxygens (including phenoxy) is 1. The van der Waals surface area contributed by atoms with Crippen molar-refractivity contribution in [1.82, 2.24) is 35.7 Å². The Morgan fingerprint density at radius 1 is 0.762 bits per heavy atom. The normalized spacial score (nSPS) is 29.2. The first kappa shape index (κ1) is 102. The number of benzene rings is 2. The number of rotatable bonds is 43. The van der Waals surface area contributed by atoms with Crippen LogP contribution in [-0.2, 0) is 89.5 Å². The van der Waals surface area contributed by atoms with Gasteiger partial charge in [-0.05, 0) is 183 Å². The molecule has 3 fully saturated rings. The Kier molecular flexibility index (Phi) is 34.9. The number of carbonyl (C=O) groups excluding carboxylic acids is 9. The van der Waals surface area contributed by atoms with Crippen LogP contribution in [0.2, 0.25) is 0 Å². The van der Waals surface area contributed by atoms with E-state index in [4.69, 9.17) is 80.3 Å². The molecule has 0 radical (unpaired) electrons. The zero-order valence-electron chi connectivity index (χ0n) is 73.9. The first-order valence-corrected chi connectivity index (χ1v) is 44.6. The van der Waals surface area contributed by atoms with E-state index in [1.807, 2.05) is 111 Å². The first-order valence-electron chi connectivity index (χ1n) is 43.1. The third kappa shape index (κ3) is 22.8. The molecular formula is C88H126CoN18O18P. The summed E-state index contributed by atoms with van der Waals surface area (Å²) >= 11 is 0. The number of aromatic nitrogens is 2. The average Bonchev–Trinajstić information content (AvgIpc) is 1.52. The second kappa shape index (κ2) is 43.1. The molecular weight excluding hydrogens is 1690 g/mol. The van der Waals surface area contributed by atoms with Crippen molar-refractivity contribution in [2.24, 2.45) is 94.7 Å². The summed E-state index contributed by atoms with van der Waals surface area (Å²) in [6.45, 7) is 24.7. The number of aliphatic hydroxyl groups is 2. The van der Waals surface area contributed by atoms with E-state index in [9.17, 15) is 72.7 Å². The van der Waals surface area contributed by atoms with Crippen LogP contribution in [0.25, 0.3) is 16.4 Å². The number of fused-ring (bicyclic) bond motifs is 7. The SMILES string of the molecule is C/C1=C2/[N-][C@H]([C@H](CC(N)=O)[C@@]2(C)CCC(=O)NC[C@@H](C)OP(=O)([O-])O[C@H]2[C@@H](O)[C@@H](n3cnc4cc(C)c(C)cc43)O[C@@H]2CO)[C@]2(C)N=C(/C(C)=C3N=C(/C=C4N=C1[C@@H](CCC(N)=O)C\4(C)C)[C@@H](CCC(N)=O)[C@]\3(C)CC(N)=O)[C@@H](CCC(=O)NCCCCNC(=O)[C@@H]1CCCN1C(=O)[C@H](CCCCN)N[C@@H](CCc1ccccc1)C(=O)O)[C@]2(C)CC(N)=O.[C-]#N.[Co+3]. The van der Waals surface area contributed by atoms with Crippen LogP contribution in [-0.4, -0.2) is 199 Å². The predicted molar refractivity (Wildman–Crippen MR) is 463 cm³/mol. The molecule has 38 heteroatoms. The first-order chi connectivity index (χ1) is 58.9. The summed E-state index contributed by atoms with van der Waals surface area (Å²) in [5.74, 6) is -9.44. The third-order valence-corrected chi connectivity index (χ3v) is 28.2. The summed E-state index contributed by atoms with van der Waals surface area (Å²) < 4.78 is 32.2. The predicted octanol–water partition coefficient (Wildman–Crippen LogP) is 5.10. The van der Waals surface area contributed by atoms with Gasteiger partial charge >= 0.3 is 22.7 Å². The van der Waals surface area contributed by atoms with E-state index in [1.165, 1.54) is 22.7 Å². The number of phosphoric ester groups is 1. The van der Waals surface area contributed by atoms with E-state index in [-0.39, 0.29) is 119 Å². The van der Waals surface area contributed by atoms with Gasteiger partial charge in [0.15, 0.2) is 6.23 Å². The minimum Gasteiger partial charge on any atom is -0.756 e. The van der Waals surface area contributed by atoms with Gasteiger partial charge in [-0.2, -0.15) is 5.70 Å². The summed E-state index contributed by atoms with van der Waals surface area (Å²) in [7, 11) is -5.38. The molecule has 126 heavy (non-hydrogen) atoms. The number of aliphatic carboxylic acids is 1. The van der Waals surface area contributed by atoms with E-state index in [2.05, 4.69) is 26.3 Å². The Hall–Kier alpha value is -9.45. The van der Waals surface area contributed by atoms with Gasteiger partial charge in [0.25, 0.3) is 7.82 Å². The largest absolute Gasteiger partial charge is 3.00 e. The van der Waals surface area contributed by atoms with E-state index in [1.54, 1.807) is 6.92 Å². The second-order valence-corrected chi connectivity index (χ2v) is 37.3. The summed E-state index contributed by atoms with van der Waals surface area (Å²) in [5, 5.41) is 56.2. The van der Waals surface area contributed by atoms with Gasteiger partial charge in [0.1, 0.15) is 30.4 Å². The average molecular weight is 1810 g/mol. The van der Waals surface area contributed by atoms with Gasteiger partial charge in [0, 0.05) is 128 Å². The number of aliphatic hydroxyl groups excluding tert-OH is 2. The number of nitrogens with one attached hydrogen (secondary N) is 4. The van der Waals surface area contributed by atoms with Crippen LogP contribution in [0.3, 0.4) is 0 Å². The van der Waals surface area contributed by atoms with Gasteiger partial charge in [-0.25, -0.2) is 4.98 Å². The molecule has 10 rings (SSSR count). The Morgan fingerprint density at radius 2 is 1.40 bits per heavy atom. The molecule has 0 spiro atoms. The number of amides is 9. The minimum atomic E-state index is -5.38. The smallest absolute Gasteiger partial charge is 0.756 e. The molecule has 9 amide bonds. The number of carboxylic acids is 1. The maximum atomic E-state index is 14.6. The van der Waals surface area contributed by atoms with Gasteiger partial charge in [-0.15, -0.1) is 0 Å². The number of imidazole rings is 1. The van der Waals surface area contributed by atoms with Crippen molar-refractivity contribution < 1.29 is 103 Å². The number of carbonyl (C=O) groups is 10. The van der Waals surface area contributed by atoms with Crippen LogP contribution in [0, 0.1) is 71.0 Å². The van der Waals surface area contributed by atoms with Crippen LogP contribution < -0.4 is 60.6 Å². The third-order valence-electron chi connectivity index (χ3n) is 27.0. The molecule has 8 heterocycles. The maximum absolute atomic E-state index is 14.6. The molecule has 36 nitrogen and oxygen atoms in total. The monoisotopic (exact) mass is 1810 g/mol. The molecule has 3 aromatic rings. The Morgan fingerprint density at radius 3 is 2.02 bits per heavy atom. The molecule has 7 aliphatic rings. The van der Waals surface area contributed by atoms with Crippen molar-refractivity contribution in [3.05, 3.63) is 112 Å². The maximum Gasteiger partial charge on any atom is 3.00 e. The van der Waals surface area contributed by atoms with Crippen molar-refractivity contribution in [1.29, 1.82) is 5.26 Å². The number of hydrogen-bond donors (Lipinski definition) is 13. The Balaban J connectivity index is 0.00000650. The van der Waals surface area contributed by atoms with Crippen LogP contribution in [0.15, 0.2) is 98.1 Å². The molecule has 1 unspecified atom stereocenters. The van der Waals surface area contributed by atoms with Gasteiger partial charge in [0.2, 0.25) is 53.2 Å². The number of nitrogens with two attached hydrogens (primary N) is 6. The topological polar surface area (TPSA) is 599 Å². The van der Waals surface area contributed by atoms with Crippen molar-refractivity contribution in [2.45, 2.75) is 265 Å². The fourth-order valence-electron chi connectivity index (χ4n) is 20.0. The van der Waals surface area contributed by atoms with Gasteiger partial charge in [-0.3, -0.25) is 72.8 Å². The second-order valence-electron chi connectivity index (χ2n) is 36.0. The van der Waals surface area contributed by atoms with Crippen LogP contribution in [0.1, 0.15) is 207 Å². The Labute approximate surface area is 746 Å². The number of hydrogen-bond acceptors (Lipinski definition) is 24. The number of aliphatic imine (C=N–C) groups is 3. The number of allylic oxidation sites excluding steroid dienone is 6. The molecule has 0 saturated carbocycles. The molecule has 690 valence electrons. The molecule has 0 aliphatic carbocycles. The zero-order valence-corrected chi connectivity index (χ0v) is 75.8. The van der Waals surface area contributed by atoms with Crippen molar-refractivity contribution in [2.75, 3.05) is 39.3 Å². The van der Waals surface area contributed by atoms with E-state index >= 15 is 0 Å². The quantitative estimate of drug-likeness (QED) is 0.0199. The van der Waals surface area contributed by atoms with E-state index in [0.29, 0.717) is 121 Å². The summed E-state index contributed by atoms with van der Waals surface area (Å²) in [5.41, 5.74) is 37.5. The number of primary amides is 5. The van der Waals surface area contributed by atoms with Gasteiger partial charge in [0.05, 0.1) is 47.3 Å².